The highest BCUT2D eigenvalue weighted by Gasteiger charge is 2.15. The Balaban J connectivity index is 1.86. The number of carbonyl (C=O) groups is 3. The van der Waals surface area contributed by atoms with Crippen LogP contribution in [0.3, 0.4) is 0 Å². The molecule has 1 heterocycles. The average Bonchev–Trinajstić information content (AvgIpc) is 3.02. The van der Waals surface area contributed by atoms with Gasteiger partial charge in [-0.3, -0.25) is 19.8 Å². The van der Waals surface area contributed by atoms with Crippen molar-refractivity contribution in [3.63, 3.8) is 0 Å². The SMILES string of the molecule is N=C(N)c1ccc2oc(C(=O)NCCC(=O)NC[C@H](N)C(=O)O)cc2c1. The number of benzene rings is 1. The van der Waals surface area contributed by atoms with Crippen LogP contribution in [0, 0.1) is 5.41 Å². The molecule has 2 aromatic rings. The van der Waals surface area contributed by atoms with Gasteiger partial charge >= 0.3 is 5.97 Å². The lowest BCUT2D eigenvalue weighted by Gasteiger charge is -2.08. The number of fused-ring (bicyclic) bond motifs is 1. The van der Waals surface area contributed by atoms with Crippen molar-refractivity contribution in [1.82, 2.24) is 10.6 Å². The molecule has 0 aliphatic rings. The molecule has 0 aliphatic heterocycles. The number of nitrogens with one attached hydrogen (secondary N) is 3. The molecule has 1 atom stereocenters. The first kappa shape index (κ1) is 18.9. The van der Waals surface area contributed by atoms with E-state index in [4.69, 9.17) is 26.4 Å². The topological polar surface area (TPSA) is 185 Å². The third-order valence-electron chi connectivity index (χ3n) is 3.53. The van der Waals surface area contributed by atoms with E-state index in [1.807, 2.05) is 0 Å². The largest absolute Gasteiger partial charge is 0.480 e. The Bertz CT molecular complexity index is 860. The monoisotopic (exact) mass is 361 g/mol. The molecule has 10 heteroatoms. The number of nitrogen functional groups attached to an aromatic ring is 1. The van der Waals surface area contributed by atoms with E-state index < -0.39 is 23.8 Å². The maximum atomic E-state index is 12.1. The third kappa shape index (κ3) is 4.80. The number of amidine groups is 1. The van der Waals surface area contributed by atoms with Crippen LogP contribution in [-0.2, 0) is 9.59 Å². The van der Waals surface area contributed by atoms with Crippen LogP contribution >= 0.6 is 0 Å². The summed E-state index contributed by atoms with van der Waals surface area (Å²) in [6.45, 7) is -0.146. The Kier molecular flexibility index (Phi) is 5.91. The third-order valence-corrected chi connectivity index (χ3v) is 3.53. The van der Waals surface area contributed by atoms with Crippen LogP contribution in [0.4, 0.5) is 0 Å². The summed E-state index contributed by atoms with van der Waals surface area (Å²) in [4.78, 5) is 34.2. The van der Waals surface area contributed by atoms with Crippen molar-refractivity contribution in [2.45, 2.75) is 12.5 Å². The van der Waals surface area contributed by atoms with Crippen molar-refractivity contribution < 1.29 is 23.9 Å². The van der Waals surface area contributed by atoms with Gasteiger partial charge in [-0.1, -0.05) is 0 Å². The number of rotatable bonds is 8. The van der Waals surface area contributed by atoms with E-state index in [9.17, 15) is 14.4 Å². The molecule has 0 bridgehead atoms. The molecule has 2 amide bonds. The molecule has 0 unspecified atom stereocenters. The fraction of sp³-hybridized carbons (Fsp3) is 0.250. The van der Waals surface area contributed by atoms with Crippen molar-refractivity contribution in [3.8, 4) is 0 Å². The normalized spacial score (nSPS) is 11.7. The van der Waals surface area contributed by atoms with Gasteiger partial charge in [0.05, 0.1) is 0 Å². The van der Waals surface area contributed by atoms with Crippen molar-refractivity contribution in [2.75, 3.05) is 13.1 Å². The highest BCUT2D eigenvalue weighted by molar-refractivity contribution is 6.00. The zero-order chi connectivity index (χ0) is 19.3. The van der Waals surface area contributed by atoms with Gasteiger partial charge in [0.2, 0.25) is 5.91 Å². The van der Waals surface area contributed by atoms with Crippen LogP contribution in [0.2, 0.25) is 0 Å². The van der Waals surface area contributed by atoms with Crippen LogP contribution in [0.1, 0.15) is 22.5 Å². The first-order chi connectivity index (χ1) is 12.3. The van der Waals surface area contributed by atoms with Gasteiger partial charge in [0, 0.05) is 30.5 Å². The lowest BCUT2D eigenvalue weighted by atomic mass is 10.1. The number of hydrogen-bond acceptors (Lipinski definition) is 6. The maximum absolute atomic E-state index is 12.1. The van der Waals surface area contributed by atoms with Crippen molar-refractivity contribution in [2.24, 2.45) is 11.5 Å². The molecule has 1 aromatic heterocycles. The smallest absolute Gasteiger partial charge is 0.322 e. The maximum Gasteiger partial charge on any atom is 0.322 e. The van der Waals surface area contributed by atoms with E-state index in [0.717, 1.165) is 0 Å². The number of carboxylic acids is 1. The van der Waals surface area contributed by atoms with Gasteiger partial charge in [-0.2, -0.15) is 0 Å². The summed E-state index contributed by atoms with van der Waals surface area (Å²) in [5, 5.41) is 21.5. The number of nitrogens with two attached hydrogens (primary N) is 2. The number of carbonyl (C=O) groups excluding carboxylic acids is 2. The second-order valence-electron chi connectivity index (χ2n) is 5.53. The van der Waals surface area contributed by atoms with Gasteiger partial charge in [0.1, 0.15) is 17.5 Å². The quantitative estimate of drug-likeness (QED) is 0.267. The predicted molar refractivity (Wildman–Crippen MR) is 92.8 cm³/mol. The molecular formula is C16H19N5O5. The second kappa shape index (κ2) is 8.12. The van der Waals surface area contributed by atoms with Crippen LogP contribution in [0.5, 0.6) is 0 Å². The molecule has 0 saturated heterocycles. The van der Waals surface area contributed by atoms with E-state index in [0.29, 0.717) is 16.5 Å². The van der Waals surface area contributed by atoms with Crippen molar-refractivity contribution in [3.05, 3.63) is 35.6 Å². The van der Waals surface area contributed by atoms with E-state index in [2.05, 4.69) is 10.6 Å². The summed E-state index contributed by atoms with van der Waals surface area (Å²) < 4.78 is 5.42. The first-order valence-electron chi connectivity index (χ1n) is 7.69. The second-order valence-corrected chi connectivity index (χ2v) is 5.53. The molecule has 10 nitrogen and oxygen atoms in total. The van der Waals surface area contributed by atoms with Gasteiger partial charge in [-0.05, 0) is 24.3 Å². The first-order valence-corrected chi connectivity index (χ1v) is 7.69. The molecule has 0 saturated carbocycles. The van der Waals surface area contributed by atoms with E-state index in [1.165, 1.54) is 6.07 Å². The summed E-state index contributed by atoms with van der Waals surface area (Å²) in [5.41, 5.74) is 11.7. The molecule has 26 heavy (non-hydrogen) atoms. The Morgan fingerprint density at radius 3 is 2.62 bits per heavy atom. The number of amides is 2. The number of furan rings is 1. The minimum Gasteiger partial charge on any atom is -0.480 e. The lowest BCUT2D eigenvalue weighted by molar-refractivity contribution is -0.138. The number of carboxylic acid groups (broad SMARTS) is 1. The fourth-order valence-corrected chi connectivity index (χ4v) is 2.10. The van der Waals surface area contributed by atoms with Gasteiger partial charge in [0.15, 0.2) is 5.76 Å². The van der Waals surface area contributed by atoms with E-state index in [-0.39, 0.29) is 31.1 Å². The van der Waals surface area contributed by atoms with E-state index >= 15 is 0 Å². The molecule has 138 valence electrons. The molecule has 2 rings (SSSR count). The summed E-state index contributed by atoms with van der Waals surface area (Å²) in [6.07, 6.45) is -0.0349. The molecule has 1 aromatic carbocycles. The van der Waals surface area contributed by atoms with Crippen LogP contribution in [0.15, 0.2) is 28.7 Å². The zero-order valence-electron chi connectivity index (χ0n) is 13.7. The molecule has 0 aliphatic carbocycles. The Morgan fingerprint density at radius 1 is 1.23 bits per heavy atom. The highest BCUT2D eigenvalue weighted by Crippen LogP contribution is 2.20. The van der Waals surface area contributed by atoms with Gasteiger partial charge in [0.25, 0.3) is 5.91 Å². The summed E-state index contributed by atoms with van der Waals surface area (Å²) in [5.74, 6) is -2.17. The minimum absolute atomic E-state index is 0.0349. The molecule has 0 fully saturated rings. The summed E-state index contributed by atoms with van der Waals surface area (Å²) in [7, 11) is 0. The van der Waals surface area contributed by atoms with Crippen LogP contribution in [-0.4, -0.2) is 47.9 Å². The fourth-order valence-electron chi connectivity index (χ4n) is 2.10. The Labute approximate surface area is 148 Å². The molecule has 0 spiro atoms. The molecular weight excluding hydrogens is 342 g/mol. The van der Waals surface area contributed by atoms with Crippen molar-refractivity contribution in [1.29, 1.82) is 5.41 Å². The average molecular weight is 361 g/mol. The number of aliphatic carboxylic acids is 1. The predicted octanol–water partition coefficient (Wildman–Crippen LogP) is -0.635. The summed E-state index contributed by atoms with van der Waals surface area (Å²) in [6, 6.07) is 5.20. The lowest BCUT2D eigenvalue weighted by Crippen LogP contribution is -2.43. The van der Waals surface area contributed by atoms with E-state index in [1.54, 1.807) is 18.2 Å². The minimum atomic E-state index is -1.21. The molecule has 0 radical (unpaired) electrons. The van der Waals surface area contributed by atoms with Crippen molar-refractivity contribution >= 4 is 34.6 Å². The standard InChI is InChI=1S/C16H19N5O5/c17-10(16(24)25)7-21-13(22)3-4-20-15(23)12-6-9-5-8(14(18)19)1-2-11(9)26-12/h1-2,5-6,10H,3-4,7,17H2,(H3,18,19)(H,20,23)(H,21,22)(H,24,25)/t10-/m0/s1. The number of hydrogen-bond donors (Lipinski definition) is 6. The highest BCUT2D eigenvalue weighted by atomic mass is 16.4. The Hall–Kier alpha value is -3.40. The van der Waals surface area contributed by atoms with Gasteiger partial charge in [-0.25, -0.2) is 0 Å². The molecule has 8 N–H and O–H groups in total. The zero-order valence-corrected chi connectivity index (χ0v) is 13.7. The van der Waals surface area contributed by atoms with Gasteiger partial charge < -0.3 is 31.6 Å². The van der Waals surface area contributed by atoms with Crippen LogP contribution < -0.4 is 22.1 Å². The van der Waals surface area contributed by atoms with Gasteiger partial charge in [-0.15, -0.1) is 0 Å². The Morgan fingerprint density at radius 2 is 1.96 bits per heavy atom. The van der Waals surface area contributed by atoms with Crippen LogP contribution in [0.25, 0.3) is 11.0 Å². The summed E-state index contributed by atoms with van der Waals surface area (Å²) >= 11 is 0.